The lowest BCUT2D eigenvalue weighted by Crippen LogP contribution is -2.39. The van der Waals surface area contributed by atoms with Crippen molar-refractivity contribution in [2.24, 2.45) is 5.73 Å². The first-order valence-corrected chi connectivity index (χ1v) is 7.92. The molecule has 1 aromatic carbocycles. The van der Waals surface area contributed by atoms with Crippen LogP contribution in [-0.2, 0) is 16.6 Å². The number of benzene rings is 1. The maximum Gasteiger partial charge on any atom is 0.402 e. The molecular formula is C13H19F3N2O2S. The van der Waals surface area contributed by atoms with Gasteiger partial charge >= 0.3 is 6.18 Å². The van der Waals surface area contributed by atoms with Gasteiger partial charge in [-0.15, -0.1) is 0 Å². The molecule has 0 saturated carbocycles. The largest absolute Gasteiger partial charge is 0.402 e. The molecule has 0 fully saturated rings. The number of hydrogen-bond donors (Lipinski definition) is 1. The van der Waals surface area contributed by atoms with Gasteiger partial charge in [0.2, 0.25) is 10.0 Å². The van der Waals surface area contributed by atoms with Gasteiger partial charge in [0.1, 0.15) is 6.54 Å². The van der Waals surface area contributed by atoms with Gasteiger partial charge in [0.15, 0.2) is 0 Å². The van der Waals surface area contributed by atoms with Crippen LogP contribution in [0.5, 0.6) is 0 Å². The number of aryl methyl sites for hydroxylation is 1. The van der Waals surface area contributed by atoms with Gasteiger partial charge in [-0.25, -0.2) is 8.42 Å². The molecule has 2 N–H and O–H groups in total. The molecule has 21 heavy (non-hydrogen) atoms. The predicted octanol–water partition coefficient (Wildman–Crippen LogP) is 2.42. The third-order valence-corrected chi connectivity index (χ3v) is 4.93. The van der Waals surface area contributed by atoms with Crippen LogP contribution in [0.25, 0.3) is 0 Å². The van der Waals surface area contributed by atoms with Crippen molar-refractivity contribution in [2.75, 3.05) is 13.1 Å². The number of alkyl halides is 3. The summed E-state index contributed by atoms with van der Waals surface area (Å²) in [5, 5.41) is 0. The van der Waals surface area contributed by atoms with Crippen molar-refractivity contribution in [3.8, 4) is 0 Å². The summed E-state index contributed by atoms with van der Waals surface area (Å²) in [6, 6.07) is 4.40. The molecule has 8 heteroatoms. The second-order valence-electron chi connectivity index (χ2n) is 4.76. The highest BCUT2D eigenvalue weighted by molar-refractivity contribution is 7.89. The van der Waals surface area contributed by atoms with Gasteiger partial charge in [0.25, 0.3) is 0 Å². The topological polar surface area (TPSA) is 63.4 Å². The minimum absolute atomic E-state index is 0.114. The van der Waals surface area contributed by atoms with Gasteiger partial charge in [-0.05, 0) is 30.5 Å². The van der Waals surface area contributed by atoms with Crippen molar-refractivity contribution < 1.29 is 21.6 Å². The number of nitrogens with two attached hydrogens (primary N) is 1. The average molecular weight is 324 g/mol. The van der Waals surface area contributed by atoms with Gasteiger partial charge in [-0.3, -0.25) is 0 Å². The van der Waals surface area contributed by atoms with E-state index in [1.165, 1.54) is 12.1 Å². The van der Waals surface area contributed by atoms with Crippen LogP contribution in [-0.4, -0.2) is 32.0 Å². The number of halogens is 3. The van der Waals surface area contributed by atoms with Crippen molar-refractivity contribution in [3.63, 3.8) is 0 Å². The van der Waals surface area contributed by atoms with Crippen LogP contribution < -0.4 is 5.73 Å². The molecule has 0 radical (unpaired) electrons. The van der Waals surface area contributed by atoms with E-state index in [2.05, 4.69) is 0 Å². The van der Waals surface area contributed by atoms with Crippen LogP contribution in [0.3, 0.4) is 0 Å². The Morgan fingerprint density at radius 2 is 1.90 bits per heavy atom. The van der Waals surface area contributed by atoms with E-state index in [1.807, 2.05) is 0 Å². The number of sulfonamides is 1. The fourth-order valence-electron chi connectivity index (χ4n) is 2.00. The standard InChI is InChI=1S/C13H19F3N2O2S/c1-3-6-18(9-13(14,15)16)21(19,20)12-5-4-11(8-17)7-10(12)2/h4-5,7H,3,6,8-9,17H2,1-2H3. The highest BCUT2D eigenvalue weighted by Gasteiger charge is 2.37. The molecule has 0 aliphatic heterocycles. The zero-order chi connectivity index (χ0) is 16.3. The zero-order valence-corrected chi connectivity index (χ0v) is 12.8. The SMILES string of the molecule is CCCN(CC(F)(F)F)S(=O)(=O)c1ccc(CN)cc1C. The molecule has 0 bridgehead atoms. The van der Waals surface area contributed by atoms with Crippen molar-refractivity contribution in [1.82, 2.24) is 4.31 Å². The first-order valence-electron chi connectivity index (χ1n) is 6.48. The molecule has 0 heterocycles. The fourth-order valence-corrected chi connectivity index (χ4v) is 3.72. The summed E-state index contributed by atoms with van der Waals surface area (Å²) in [5.41, 5.74) is 6.58. The van der Waals surface area contributed by atoms with Crippen LogP contribution in [0.15, 0.2) is 23.1 Å². The summed E-state index contributed by atoms with van der Waals surface area (Å²) in [4.78, 5) is -0.114. The first kappa shape index (κ1) is 17.9. The third kappa shape index (κ3) is 4.69. The molecule has 1 aromatic rings. The Balaban J connectivity index is 3.22. The number of hydrogen-bond acceptors (Lipinski definition) is 3. The van der Waals surface area contributed by atoms with E-state index >= 15 is 0 Å². The lowest BCUT2D eigenvalue weighted by Gasteiger charge is -2.23. The Morgan fingerprint density at radius 1 is 1.29 bits per heavy atom. The maximum atomic E-state index is 12.6. The molecule has 0 atom stereocenters. The third-order valence-electron chi connectivity index (χ3n) is 2.92. The van der Waals surface area contributed by atoms with Gasteiger partial charge in [0, 0.05) is 13.1 Å². The fraction of sp³-hybridized carbons (Fsp3) is 0.538. The summed E-state index contributed by atoms with van der Waals surface area (Å²) in [6.45, 7) is 1.75. The molecule has 0 unspecified atom stereocenters. The molecule has 0 saturated heterocycles. The van der Waals surface area contributed by atoms with Gasteiger partial charge < -0.3 is 5.73 Å². The van der Waals surface area contributed by atoms with E-state index in [-0.39, 0.29) is 18.0 Å². The van der Waals surface area contributed by atoms with Gasteiger partial charge in [-0.2, -0.15) is 17.5 Å². The van der Waals surface area contributed by atoms with Crippen molar-refractivity contribution in [2.45, 2.75) is 37.9 Å². The summed E-state index contributed by atoms with van der Waals surface area (Å²) in [7, 11) is -4.18. The lowest BCUT2D eigenvalue weighted by atomic mass is 10.1. The van der Waals surface area contributed by atoms with Crippen LogP contribution in [0, 0.1) is 6.92 Å². The average Bonchev–Trinajstić information content (AvgIpc) is 2.36. The van der Waals surface area contributed by atoms with Crippen LogP contribution in [0.1, 0.15) is 24.5 Å². The molecule has 4 nitrogen and oxygen atoms in total. The van der Waals surface area contributed by atoms with E-state index in [4.69, 9.17) is 5.73 Å². The Morgan fingerprint density at radius 3 is 2.33 bits per heavy atom. The second kappa shape index (κ2) is 6.76. The normalized spacial score (nSPS) is 12.9. The summed E-state index contributed by atoms with van der Waals surface area (Å²) >= 11 is 0. The highest BCUT2D eigenvalue weighted by atomic mass is 32.2. The van der Waals surface area contributed by atoms with E-state index in [0.717, 1.165) is 5.56 Å². The van der Waals surface area contributed by atoms with Crippen LogP contribution in [0.2, 0.25) is 0 Å². The quantitative estimate of drug-likeness (QED) is 0.874. The first-order chi connectivity index (χ1) is 9.61. The molecule has 1 rings (SSSR count). The molecule has 0 spiro atoms. The van der Waals surface area contributed by atoms with Crippen molar-refractivity contribution in [1.29, 1.82) is 0 Å². The minimum atomic E-state index is -4.58. The lowest BCUT2D eigenvalue weighted by molar-refractivity contribution is -0.136. The summed E-state index contributed by atoms with van der Waals surface area (Å²) in [6.07, 6.45) is -4.28. The van der Waals surface area contributed by atoms with Gasteiger partial charge in [0.05, 0.1) is 4.90 Å². The van der Waals surface area contributed by atoms with E-state index in [1.54, 1.807) is 19.9 Å². The monoisotopic (exact) mass is 324 g/mol. The van der Waals surface area contributed by atoms with Crippen molar-refractivity contribution in [3.05, 3.63) is 29.3 Å². The smallest absolute Gasteiger partial charge is 0.326 e. The number of rotatable bonds is 6. The number of nitrogens with zero attached hydrogens (tertiary/aromatic N) is 1. The molecule has 0 amide bonds. The molecular weight excluding hydrogens is 305 g/mol. The molecule has 0 aromatic heterocycles. The van der Waals surface area contributed by atoms with Crippen LogP contribution >= 0.6 is 0 Å². The Hall–Kier alpha value is -1.12. The van der Waals surface area contributed by atoms with Gasteiger partial charge in [-0.1, -0.05) is 19.1 Å². The van der Waals surface area contributed by atoms with E-state index < -0.39 is 22.7 Å². The van der Waals surface area contributed by atoms with Crippen LogP contribution in [0.4, 0.5) is 13.2 Å². The Labute approximate surface area is 122 Å². The maximum absolute atomic E-state index is 12.6. The molecule has 120 valence electrons. The highest BCUT2D eigenvalue weighted by Crippen LogP contribution is 2.25. The Kier molecular flexibility index (Phi) is 5.77. The summed E-state index contributed by atoms with van der Waals surface area (Å²) in [5.74, 6) is 0. The molecule has 0 aliphatic rings. The molecule has 0 aliphatic carbocycles. The van der Waals surface area contributed by atoms with Crippen molar-refractivity contribution >= 4 is 10.0 Å². The second-order valence-corrected chi connectivity index (χ2v) is 6.66. The summed E-state index contributed by atoms with van der Waals surface area (Å²) < 4.78 is 63.0. The minimum Gasteiger partial charge on any atom is -0.326 e. The Bertz CT molecular complexity index is 586. The zero-order valence-electron chi connectivity index (χ0n) is 11.9. The predicted molar refractivity (Wildman–Crippen MR) is 74.2 cm³/mol. The van der Waals surface area contributed by atoms with E-state index in [0.29, 0.717) is 16.3 Å². The van der Waals surface area contributed by atoms with E-state index in [9.17, 15) is 21.6 Å².